The molecule has 6 heteroatoms. The number of benzene rings is 2. The van der Waals surface area contributed by atoms with Crippen LogP contribution in [0.1, 0.15) is 28.4 Å². The van der Waals surface area contributed by atoms with Gasteiger partial charge in [-0.3, -0.25) is 14.9 Å². The minimum absolute atomic E-state index is 0.00747. The Morgan fingerprint density at radius 1 is 1.32 bits per heavy atom. The van der Waals surface area contributed by atoms with Gasteiger partial charge in [-0.15, -0.1) is 0 Å². The van der Waals surface area contributed by atoms with Crippen molar-refractivity contribution in [3.63, 3.8) is 0 Å². The molecule has 3 rings (SSSR count). The van der Waals surface area contributed by atoms with Gasteiger partial charge in [-0.2, -0.15) is 0 Å². The van der Waals surface area contributed by atoms with Gasteiger partial charge in [0, 0.05) is 30.8 Å². The fraction of sp³-hybridized carbons (Fsp3) is 0.316. The number of hydrogen-bond donors (Lipinski definition) is 2. The second kappa shape index (κ2) is 7.55. The predicted octanol–water partition coefficient (Wildman–Crippen LogP) is 2.60. The van der Waals surface area contributed by atoms with Crippen LogP contribution in [-0.2, 0) is 13.1 Å². The number of nitrogens with zero attached hydrogens (tertiary/aromatic N) is 1. The Balaban J connectivity index is 1.78. The van der Waals surface area contributed by atoms with Gasteiger partial charge in [0.25, 0.3) is 5.91 Å². The number of amides is 1. The van der Waals surface area contributed by atoms with Crippen LogP contribution in [0, 0.1) is 0 Å². The SMILES string of the molecule is COc1ccc(CN2Cc3ccc(C(=O)NO)cc3O[C@@H](C)C2)cc1. The topological polar surface area (TPSA) is 71.0 Å². The first-order valence-electron chi connectivity index (χ1n) is 8.18. The Kier molecular flexibility index (Phi) is 5.21. The zero-order valence-electron chi connectivity index (χ0n) is 14.4. The molecule has 0 aromatic heterocycles. The van der Waals surface area contributed by atoms with Crippen molar-refractivity contribution in [3.8, 4) is 11.5 Å². The van der Waals surface area contributed by atoms with Gasteiger partial charge in [0.05, 0.1) is 7.11 Å². The summed E-state index contributed by atoms with van der Waals surface area (Å²) in [4.78, 5) is 13.9. The highest BCUT2D eigenvalue weighted by Crippen LogP contribution is 2.27. The minimum Gasteiger partial charge on any atom is -0.497 e. The van der Waals surface area contributed by atoms with E-state index >= 15 is 0 Å². The molecule has 0 unspecified atom stereocenters. The van der Waals surface area contributed by atoms with Crippen molar-refractivity contribution in [1.82, 2.24) is 10.4 Å². The third-order valence-corrected chi connectivity index (χ3v) is 4.23. The van der Waals surface area contributed by atoms with Gasteiger partial charge in [0.1, 0.15) is 17.6 Å². The van der Waals surface area contributed by atoms with E-state index in [1.165, 1.54) is 5.56 Å². The van der Waals surface area contributed by atoms with Crippen LogP contribution in [0.15, 0.2) is 42.5 Å². The molecule has 2 aromatic rings. The van der Waals surface area contributed by atoms with E-state index in [1.54, 1.807) is 24.7 Å². The number of rotatable bonds is 4. The molecule has 0 bridgehead atoms. The number of hydroxylamine groups is 1. The van der Waals surface area contributed by atoms with Crippen molar-refractivity contribution in [1.29, 1.82) is 0 Å². The van der Waals surface area contributed by atoms with Crippen molar-refractivity contribution in [2.45, 2.75) is 26.1 Å². The lowest BCUT2D eigenvalue weighted by Gasteiger charge is -2.22. The van der Waals surface area contributed by atoms with E-state index in [1.807, 2.05) is 25.1 Å². The summed E-state index contributed by atoms with van der Waals surface area (Å²) >= 11 is 0. The average molecular weight is 342 g/mol. The van der Waals surface area contributed by atoms with Gasteiger partial charge in [0.2, 0.25) is 0 Å². The van der Waals surface area contributed by atoms with E-state index in [0.717, 1.165) is 30.9 Å². The molecular weight excluding hydrogens is 320 g/mol. The Bertz CT molecular complexity index is 746. The van der Waals surface area contributed by atoms with E-state index in [0.29, 0.717) is 11.3 Å². The smallest absolute Gasteiger partial charge is 0.274 e. The molecule has 2 N–H and O–H groups in total. The molecule has 0 fully saturated rings. The maximum Gasteiger partial charge on any atom is 0.274 e. The van der Waals surface area contributed by atoms with Gasteiger partial charge in [0.15, 0.2) is 0 Å². The number of carbonyl (C=O) groups excluding carboxylic acids is 1. The first-order valence-corrected chi connectivity index (χ1v) is 8.18. The maximum atomic E-state index is 11.6. The number of nitrogens with one attached hydrogen (secondary N) is 1. The largest absolute Gasteiger partial charge is 0.497 e. The van der Waals surface area contributed by atoms with Gasteiger partial charge < -0.3 is 9.47 Å². The Hall–Kier alpha value is -2.57. The molecule has 0 saturated carbocycles. The Morgan fingerprint density at radius 3 is 2.76 bits per heavy atom. The maximum absolute atomic E-state index is 11.6. The lowest BCUT2D eigenvalue weighted by atomic mass is 10.1. The van der Waals surface area contributed by atoms with E-state index in [9.17, 15) is 4.79 Å². The van der Waals surface area contributed by atoms with Crippen molar-refractivity contribution >= 4 is 5.91 Å². The van der Waals surface area contributed by atoms with Gasteiger partial charge >= 0.3 is 0 Å². The number of methoxy groups -OCH3 is 1. The standard InChI is InChI=1S/C19H22N2O4/c1-13-10-21(11-14-3-7-17(24-2)8-4-14)12-16-6-5-15(19(22)20-23)9-18(16)25-13/h3-9,13,23H,10-12H2,1-2H3,(H,20,22)/t13-/m0/s1. The van der Waals surface area contributed by atoms with Gasteiger partial charge in [-0.1, -0.05) is 18.2 Å². The van der Waals surface area contributed by atoms with Crippen LogP contribution >= 0.6 is 0 Å². The lowest BCUT2D eigenvalue weighted by molar-refractivity contribution is 0.0705. The molecular formula is C19H22N2O4. The van der Waals surface area contributed by atoms with Crippen LogP contribution in [0.2, 0.25) is 0 Å². The summed E-state index contributed by atoms with van der Waals surface area (Å²) in [7, 11) is 1.66. The van der Waals surface area contributed by atoms with E-state index in [2.05, 4.69) is 17.0 Å². The molecule has 1 amide bonds. The van der Waals surface area contributed by atoms with Crippen molar-refractivity contribution in [2.75, 3.05) is 13.7 Å². The minimum atomic E-state index is -0.543. The molecule has 25 heavy (non-hydrogen) atoms. The summed E-state index contributed by atoms with van der Waals surface area (Å²) < 4.78 is 11.2. The van der Waals surface area contributed by atoms with E-state index in [-0.39, 0.29) is 6.10 Å². The van der Waals surface area contributed by atoms with Crippen molar-refractivity contribution in [2.24, 2.45) is 0 Å². The summed E-state index contributed by atoms with van der Waals surface area (Å²) in [6.07, 6.45) is -0.00747. The first kappa shape index (κ1) is 17.3. The molecule has 0 aliphatic carbocycles. The highest BCUT2D eigenvalue weighted by Gasteiger charge is 2.21. The molecule has 0 radical (unpaired) electrons. The molecule has 1 aliphatic rings. The Labute approximate surface area is 146 Å². The number of fused-ring (bicyclic) bond motifs is 1. The summed E-state index contributed by atoms with van der Waals surface area (Å²) in [6.45, 7) is 4.32. The zero-order chi connectivity index (χ0) is 17.8. The van der Waals surface area contributed by atoms with Gasteiger partial charge in [-0.05, 0) is 36.8 Å². The van der Waals surface area contributed by atoms with Crippen molar-refractivity contribution < 1.29 is 19.5 Å². The summed E-state index contributed by atoms with van der Waals surface area (Å²) in [6, 6.07) is 13.3. The number of ether oxygens (including phenoxy) is 2. The third kappa shape index (κ3) is 4.10. The number of hydrogen-bond acceptors (Lipinski definition) is 5. The monoisotopic (exact) mass is 342 g/mol. The molecule has 2 aromatic carbocycles. The fourth-order valence-electron chi connectivity index (χ4n) is 3.03. The molecule has 0 spiro atoms. The quantitative estimate of drug-likeness (QED) is 0.660. The Morgan fingerprint density at radius 2 is 2.08 bits per heavy atom. The van der Waals surface area contributed by atoms with Crippen LogP contribution in [0.3, 0.4) is 0 Å². The van der Waals surface area contributed by atoms with Crippen LogP contribution < -0.4 is 15.0 Å². The second-order valence-corrected chi connectivity index (χ2v) is 6.21. The van der Waals surface area contributed by atoms with Crippen LogP contribution in [0.5, 0.6) is 11.5 Å². The summed E-state index contributed by atoms with van der Waals surface area (Å²) in [5.41, 5.74) is 4.25. The summed E-state index contributed by atoms with van der Waals surface area (Å²) in [5, 5.41) is 8.79. The molecule has 6 nitrogen and oxygen atoms in total. The molecule has 1 aliphatic heterocycles. The van der Waals surface area contributed by atoms with Gasteiger partial charge in [-0.25, -0.2) is 5.48 Å². The fourth-order valence-corrected chi connectivity index (χ4v) is 3.03. The second-order valence-electron chi connectivity index (χ2n) is 6.21. The highest BCUT2D eigenvalue weighted by atomic mass is 16.5. The average Bonchev–Trinajstić information content (AvgIpc) is 2.78. The van der Waals surface area contributed by atoms with E-state index in [4.69, 9.17) is 14.7 Å². The predicted molar refractivity (Wildman–Crippen MR) is 92.9 cm³/mol. The molecule has 1 atom stereocenters. The molecule has 0 saturated heterocycles. The lowest BCUT2D eigenvalue weighted by Crippen LogP contribution is -2.30. The van der Waals surface area contributed by atoms with Crippen LogP contribution in [-0.4, -0.2) is 35.8 Å². The van der Waals surface area contributed by atoms with E-state index < -0.39 is 5.91 Å². The summed E-state index contributed by atoms with van der Waals surface area (Å²) in [5.74, 6) is 0.987. The normalized spacial score (nSPS) is 17.2. The molecule has 132 valence electrons. The highest BCUT2D eigenvalue weighted by molar-refractivity contribution is 5.93. The molecule has 1 heterocycles. The zero-order valence-corrected chi connectivity index (χ0v) is 14.4. The first-order chi connectivity index (χ1) is 12.1. The van der Waals surface area contributed by atoms with Crippen LogP contribution in [0.4, 0.5) is 0 Å². The third-order valence-electron chi connectivity index (χ3n) is 4.23. The number of carbonyl (C=O) groups is 1. The van der Waals surface area contributed by atoms with Crippen molar-refractivity contribution in [3.05, 3.63) is 59.2 Å². The van der Waals surface area contributed by atoms with Crippen LogP contribution in [0.25, 0.3) is 0 Å².